The van der Waals surface area contributed by atoms with Crippen LogP contribution in [0.3, 0.4) is 0 Å². The van der Waals surface area contributed by atoms with Gasteiger partial charge in [-0.15, -0.1) is 0 Å². The lowest BCUT2D eigenvalue weighted by molar-refractivity contribution is 0.347. The number of hydrogen-bond acceptors (Lipinski definition) is 4. The van der Waals surface area contributed by atoms with Crippen LogP contribution in [0, 0.1) is 5.92 Å². The van der Waals surface area contributed by atoms with Crippen LogP contribution in [-0.4, -0.2) is 34.2 Å². The van der Waals surface area contributed by atoms with Crippen LogP contribution >= 0.6 is 0 Å². The Hall–Kier alpha value is -1.88. The van der Waals surface area contributed by atoms with Crippen molar-refractivity contribution in [3.05, 3.63) is 42.1 Å². The second kappa shape index (κ2) is 6.71. The van der Waals surface area contributed by atoms with E-state index in [1.165, 1.54) is 30.7 Å². The first-order valence-electron chi connectivity index (χ1n) is 8.79. The van der Waals surface area contributed by atoms with Gasteiger partial charge in [-0.1, -0.05) is 6.07 Å². The van der Waals surface area contributed by atoms with Gasteiger partial charge in [0, 0.05) is 51.2 Å². The number of fused-ring (bicyclic) bond motifs is 1. The zero-order valence-electron chi connectivity index (χ0n) is 13.6. The molecule has 5 nitrogen and oxygen atoms in total. The van der Waals surface area contributed by atoms with Gasteiger partial charge in [-0.25, -0.2) is 9.97 Å². The van der Waals surface area contributed by atoms with Gasteiger partial charge in [-0.2, -0.15) is 0 Å². The molecule has 1 N–H and O–H groups in total. The number of anilines is 1. The molecule has 2 aromatic heterocycles. The molecule has 1 saturated heterocycles. The molecule has 0 saturated carbocycles. The number of aryl methyl sites for hydroxylation is 1. The molecule has 1 atom stereocenters. The van der Waals surface area contributed by atoms with Crippen LogP contribution in [0.2, 0.25) is 0 Å². The van der Waals surface area contributed by atoms with Gasteiger partial charge in [-0.05, 0) is 43.4 Å². The third-order valence-corrected chi connectivity index (χ3v) is 5.03. The van der Waals surface area contributed by atoms with Crippen molar-refractivity contribution in [1.82, 2.24) is 19.9 Å². The number of hydrogen-bond donors (Lipinski definition) is 1. The van der Waals surface area contributed by atoms with Crippen molar-refractivity contribution in [2.75, 3.05) is 24.5 Å². The molecule has 2 aliphatic heterocycles. The molecule has 0 bridgehead atoms. The number of nitrogens with zero attached hydrogens (tertiary/aromatic N) is 4. The minimum atomic E-state index is 0.702. The van der Waals surface area contributed by atoms with Gasteiger partial charge >= 0.3 is 0 Å². The van der Waals surface area contributed by atoms with E-state index >= 15 is 0 Å². The summed E-state index contributed by atoms with van der Waals surface area (Å²) < 4.78 is 2.29. The first kappa shape index (κ1) is 14.7. The summed E-state index contributed by atoms with van der Waals surface area (Å²) in [7, 11) is 0. The van der Waals surface area contributed by atoms with Crippen LogP contribution in [0.4, 0.5) is 5.82 Å². The highest BCUT2D eigenvalue weighted by Crippen LogP contribution is 2.19. The molecule has 0 amide bonds. The van der Waals surface area contributed by atoms with Gasteiger partial charge in [0.25, 0.3) is 0 Å². The summed E-state index contributed by atoms with van der Waals surface area (Å²) in [6.07, 6.45) is 11.0. The quantitative estimate of drug-likeness (QED) is 0.920. The predicted molar refractivity (Wildman–Crippen MR) is 91.4 cm³/mol. The Morgan fingerprint density at radius 3 is 2.91 bits per heavy atom. The summed E-state index contributed by atoms with van der Waals surface area (Å²) in [6.45, 7) is 5.37. The van der Waals surface area contributed by atoms with E-state index in [9.17, 15) is 0 Å². The van der Waals surface area contributed by atoms with Gasteiger partial charge in [0.1, 0.15) is 11.6 Å². The van der Waals surface area contributed by atoms with E-state index in [1.807, 2.05) is 12.4 Å². The van der Waals surface area contributed by atoms with Gasteiger partial charge in [0.15, 0.2) is 0 Å². The normalized spacial score (nSPS) is 20.7. The number of imidazole rings is 1. The fourth-order valence-corrected chi connectivity index (χ4v) is 3.68. The molecule has 0 spiro atoms. The van der Waals surface area contributed by atoms with Crippen molar-refractivity contribution in [3.63, 3.8) is 0 Å². The van der Waals surface area contributed by atoms with Gasteiger partial charge < -0.3 is 14.8 Å². The number of pyridine rings is 1. The summed E-state index contributed by atoms with van der Waals surface area (Å²) in [5.74, 6) is 3.07. The fraction of sp³-hybridized carbons (Fsp3) is 0.556. The average molecular weight is 311 g/mol. The van der Waals surface area contributed by atoms with Crippen LogP contribution in [-0.2, 0) is 19.5 Å². The highest BCUT2D eigenvalue weighted by atomic mass is 15.2. The van der Waals surface area contributed by atoms with E-state index in [0.29, 0.717) is 5.92 Å². The van der Waals surface area contributed by atoms with Crippen LogP contribution < -0.4 is 10.2 Å². The van der Waals surface area contributed by atoms with Crippen molar-refractivity contribution in [3.8, 4) is 0 Å². The standard InChI is InChI=1S/C18H25N5/c1-2-9-22(8-1)18-5-3-15(13-21-18)11-19-12-16-4-6-17-20-7-10-23(17)14-16/h3,5,7,10,13,16,19H,1-2,4,6,8-9,11-12,14H2/t16-/m0/s1. The minimum Gasteiger partial charge on any atom is -0.357 e. The van der Waals surface area contributed by atoms with Crippen molar-refractivity contribution < 1.29 is 0 Å². The maximum absolute atomic E-state index is 4.62. The Morgan fingerprint density at radius 1 is 1.17 bits per heavy atom. The van der Waals surface area contributed by atoms with Crippen molar-refractivity contribution in [2.24, 2.45) is 5.92 Å². The highest BCUT2D eigenvalue weighted by molar-refractivity contribution is 5.40. The Morgan fingerprint density at radius 2 is 2.09 bits per heavy atom. The minimum absolute atomic E-state index is 0.702. The molecule has 0 aliphatic carbocycles. The Bertz CT molecular complexity index is 627. The number of rotatable bonds is 5. The number of aromatic nitrogens is 3. The zero-order valence-corrected chi connectivity index (χ0v) is 13.6. The average Bonchev–Trinajstić information content (AvgIpc) is 3.27. The highest BCUT2D eigenvalue weighted by Gasteiger charge is 2.18. The van der Waals surface area contributed by atoms with E-state index < -0.39 is 0 Å². The third-order valence-electron chi connectivity index (χ3n) is 5.03. The summed E-state index contributed by atoms with van der Waals surface area (Å²) in [6, 6.07) is 4.38. The Labute approximate surface area is 137 Å². The molecule has 0 radical (unpaired) electrons. The van der Waals surface area contributed by atoms with E-state index in [2.05, 4.69) is 43.1 Å². The van der Waals surface area contributed by atoms with E-state index in [1.54, 1.807) is 0 Å². The summed E-state index contributed by atoms with van der Waals surface area (Å²) in [5.41, 5.74) is 1.27. The van der Waals surface area contributed by atoms with Gasteiger partial charge in [-0.3, -0.25) is 0 Å². The van der Waals surface area contributed by atoms with Crippen molar-refractivity contribution >= 4 is 5.82 Å². The third kappa shape index (κ3) is 3.39. The fourth-order valence-electron chi connectivity index (χ4n) is 3.68. The van der Waals surface area contributed by atoms with Crippen LogP contribution in [0.5, 0.6) is 0 Å². The molecule has 122 valence electrons. The van der Waals surface area contributed by atoms with Crippen molar-refractivity contribution in [2.45, 2.75) is 38.8 Å². The van der Waals surface area contributed by atoms with Crippen molar-refractivity contribution in [1.29, 1.82) is 0 Å². The lowest BCUT2D eigenvalue weighted by atomic mass is 9.99. The molecule has 0 unspecified atom stereocenters. The zero-order chi connectivity index (χ0) is 15.5. The summed E-state index contributed by atoms with van der Waals surface area (Å²) in [4.78, 5) is 11.4. The molecule has 5 heteroatoms. The lowest BCUT2D eigenvalue weighted by Gasteiger charge is -2.24. The van der Waals surface area contributed by atoms with E-state index in [0.717, 1.165) is 45.0 Å². The predicted octanol–water partition coefficient (Wildman–Crippen LogP) is 2.23. The smallest absolute Gasteiger partial charge is 0.128 e. The molecule has 23 heavy (non-hydrogen) atoms. The van der Waals surface area contributed by atoms with E-state index in [-0.39, 0.29) is 0 Å². The molecule has 2 aliphatic rings. The second-order valence-corrected chi connectivity index (χ2v) is 6.75. The van der Waals surface area contributed by atoms with Crippen LogP contribution in [0.25, 0.3) is 0 Å². The van der Waals surface area contributed by atoms with Gasteiger partial charge in [0.05, 0.1) is 0 Å². The number of nitrogens with one attached hydrogen (secondary N) is 1. The Balaban J connectivity index is 1.25. The molecule has 2 aromatic rings. The Kier molecular flexibility index (Phi) is 4.28. The largest absolute Gasteiger partial charge is 0.357 e. The summed E-state index contributed by atoms with van der Waals surface area (Å²) in [5, 5.41) is 3.60. The van der Waals surface area contributed by atoms with Crippen LogP contribution in [0.15, 0.2) is 30.7 Å². The first-order valence-corrected chi connectivity index (χ1v) is 8.79. The topological polar surface area (TPSA) is 46.0 Å². The van der Waals surface area contributed by atoms with Crippen LogP contribution in [0.1, 0.15) is 30.7 Å². The van der Waals surface area contributed by atoms with E-state index in [4.69, 9.17) is 0 Å². The first-order chi connectivity index (χ1) is 11.4. The maximum Gasteiger partial charge on any atom is 0.128 e. The molecule has 1 fully saturated rings. The lowest BCUT2D eigenvalue weighted by Crippen LogP contribution is -2.29. The van der Waals surface area contributed by atoms with Gasteiger partial charge in [0.2, 0.25) is 0 Å². The maximum atomic E-state index is 4.62. The summed E-state index contributed by atoms with van der Waals surface area (Å²) >= 11 is 0. The second-order valence-electron chi connectivity index (χ2n) is 6.75. The molecule has 4 heterocycles. The molecular weight excluding hydrogens is 286 g/mol. The molecular formula is C18H25N5. The molecule has 4 rings (SSSR count). The molecule has 0 aromatic carbocycles. The monoisotopic (exact) mass is 311 g/mol. The SMILES string of the molecule is c1cn2c(n1)CC[C@@H](CNCc1ccc(N3CCCC3)nc1)C2.